The maximum Gasteiger partial charge on any atom is 0.220 e. The minimum absolute atomic E-state index is 0.212. The van der Waals surface area contributed by atoms with Gasteiger partial charge in [0, 0.05) is 31.5 Å². The fourth-order valence-electron chi connectivity index (χ4n) is 3.12. The first-order valence-corrected chi connectivity index (χ1v) is 6.87. The molecule has 0 saturated carbocycles. The van der Waals surface area contributed by atoms with E-state index in [9.17, 15) is 4.79 Å². The van der Waals surface area contributed by atoms with E-state index in [1.165, 1.54) is 0 Å². The van der Waals surface area contributed by atoms with Crippen LogP contribution in [0.4, 0.5) is 0 Å². The molecule has 1 aromatic rings. The zero-order valence-electron chi connectivity index (χ0n) is 10.8. The number of hydrogen-bond donors (Lipinski definition) is 1. The molecule has 1 aromatic heterocycles. The fraction of sp³-hybridized carbons (Fsp3) is 0.643. The molecule has 2 atom stereocenters. The molecule has 1 amide bonds. The molecular formula is C14H20N2O2. The number of aryl methyl sites for hydroxylation is 1. The first-order chi connectivity index (χ1) is 8.76. The van der Waals surface area contributed by atoms with E-state index in [0.29, 0.717) is 18.5 Å². The lowest BCUT2D eigenvalue weighted by Crippen LogP contribution is -2.49. The van der Waals surface area contributed by atoms with Gasteiger partial charge >= 0.3 is 0 Å². The number of likely N-dealkylation sites (tertiary alicyclic amines) is 1. The largest absolute Gasteiger partial charge is 0.465 e. The molecule has 98 valence electrons. The van der Waals surface area contributed by atoms with Crippen LogP contribution in [0.3, 0.4) is 0 Å². The summed E-state index contributed by atoms with van der Waals surface area (Å²) in [4.78, 5) is 13.8. The molecule has 3 rings (SSSR count). The number of carbonyl (C=O) groups is 1. The molecule has 18 heavy (non-hydrogen) atoms. The van der Waals surface area contributed by atoms with Gasteiger partial charge in [0.25, 0.3) is 0 Å². The van der Waals surface area contributed by atoms with Crippen molar-refractivity contribution < 1.29 is 9.21 Å². The van der Waals surface area contributed by atoms with Gasteiger partial charge in [0.05, 0.1) is 6.54 Å². The van der Waals surface area contributed by atoms with Crippen molar-refractivity contribution in [1.82, 2.24) is 10.2 Å². The van der Waals surface area contributed by atoms with Crippen LogP contribution in [-0.2, 0) is 17.8 Å². The lowest BCUT2D eigenvalue weighted by atomic mass is 9.99. The first kappa shape index (κ1) is 11.8. The average molecular weight is 248 g/mol. The van der Waals surface area contributed by atoms with E-state index in [1.807, 2.05) is 0 Å². The molecular weight excluding hydrogens is 228 g/mol. The first-order valence-electron chi connectivity index (χ1n) is 6.87. The lowest BCUT2D eigenvalue weighted by Gasteiger charge is -2.31. The van der Waals surface area contributed by atoms with Crippen molar-refractivity contribution in [2.24, 2.45) is 0 Å². The van der Waals surface area contributed by atoms with Gasteiger partial charge in [0.15, 0.2) is 0 Å². The Labute approximate surface area is 107 Å². The van der Waals surface area contributed by atoms with Crippen molar-refractivity contribution in [3.8, 4) is 0 Å². The third kappa shape index (κ3) is 2.17. The third-order valence-electron chi connectivity index (χ3n) is 4.10. The Morgan fingerprint density at radius 1 is 1.39 bits per heavy atom. The molecule has 2 aliphatic heterocycles. The molecule has 3 heterocycles. The summed E-state index contributed by atoms with van der Waals surface area (Å²) < 4.78 is 5.77. The number of nitrogens with zero attached hydrogens (tertiary/aromatic N) is 1. The van der Waals surface area contributed by atoms with Crippen LogP contribution < -0.4 is 5.32 Å². The summed E-state index contributed by atoms with van der Waals surface area (Å²) >= 11 is 0. The third-order valence-corrected chi connectivity index (χ3v) is 4.10. The monoisotopic (exact) mass is 248 g/mol. The Hall–Kier alpha value is -1.29. The van der Waals surface area contributed by atoms with Crippen molar-refractivity contribution >= 4 is 5.91 Å². The van der Waals surface area contributed by atoms with E-state index < -0.39 is 0 Å². The summed E-state index contributed by atoms with van der Waals surface area (Å²) in [6, 6.07) is 4.99. The highest BCUT2D eigenvalue weighted by atomic mass is 16.3. The smallest absolute Gasteiger partial charge is 0.220 e. The van der Waals surface area contributed by atoms with E-state index in [0.717, 1.165) is 43.9 Å². The standard InChI is InChI=1S/C14H20N2O2/c1-2-10-3-4-11(18-10)9-16-8-7-12-13(16)5-6-14(17)15-12/h3-4,12-13H,2,5-9H2,1H3,(H,15,17)/t12-,13-/m0/s1. The summed E-state index contributed by atoms with van der Waals surface area (Å²) in [6.45, 7) is 4.03. The number of nitrogens with one attached hydrogen (secondary N) is 1. The molecule has 0 unspecified atom stereocenters. The van der Waals surface area contributed by atoms with Gasteiger partial charge in [0.2, 0.25) is 5.91 Å². The van der Waals surface area contributed by atoms with Gasteiger partial charge in [-0.3, -0.25) is 9.69 Å². The fourth-order valence-corrected chi connectivity index (χ4v) is 3.12. The predicted octanol–water partition coefficient (Wildman–Crippen LogP) is 1.69. The molecule has 4 nitrogen and oxygen atoms in total. The maximum atomic E-state index is 11.4. The summed E-state index contributed by atoms with van der Waals surface area (Å²) in [5.41, 5.74) is 0. The normalized spacial score (nSPS) is 28.2. The number of fused-ring (bicyclic) bond motifs is 1. The number of hydrogen-bond acceptors (Lipinski definition) is 3. The molecule has 0 aliphatic carbocycles. The van der Waals surface area contributed by atoms with Crippen LogP contribution >= 0.6 is 0 Å². The Kier molecular flexibility index (Phi) is 3.12. The van der Waals surface area contributed by atoms with E-state index in [4.69, 9.17) is 4.42 Å². The van der Waals surface area contributed by atoms with Crippen LogP contribution in [0, 0.1) is 0 Å². The number of piperidine rings is 1. The summed E-state index contributed by atoms with van der Waals surface area (Å²) in [6.07, 6.45) is 3.66. The van der Waals surface area contributed by atoms with Crippen LogP contribution in [0.2, 0.25) is 0 Å². The van der Waals surface area contributed by atoms with Gasteiger partial charge in [-0.05, 0) is 25.0 Å². The second kappa shape index (κ2) is 4.76. The Balaban J connectivity index is 1.65. The maximum absolute atomic E-state index is 11.4. The molecule has 0 bridgehead atoms. The number of carbonyl (C=O) groups excluding carboxylic acids is 1. The van der Waals surface area contributed by atoms with Crippen molar-refractivity contribution in [3.05, 3.63) is 23.7 Å². The van der Waals surface area contributed by atoms with Crippen LogP contribution in [0.1, 0.15) is 37.7 Å². The molecule has 2 fully saturated rings. The zero-order valence-corrected chi connectivity index (χ0v) is 10.8. The number of rotatable bonds is 3. The lowest BCUT2D eigenvalue weighted by molar-refractivity contribution is -0.124. The molecule has 1 N–H and O–H groups in total. The average Bonchev–Trinajstić information content (AvgIpc) is 2.97. The summed E-state index contributed by atoms with van der Waals surface area (Å²) in [7, 11) is 0. The Morgan fingerprint density at radius 2 is 2.22 bits per heavy atom. The van der Waals surface area contributed by atoms with Gasteiger partial charge in [-0.2, -0.15) is 0 Å². The minimum atomic E-state index is 0.212. The van der Waals surface area contributed by atoms with Gasteiger partial charge in [-0.1, -0.05) is 6.92 Å². The molecule has 0 radical (unpaired) electrons. The predicted molar refractivity (Wildman–Crippen MR) is 68.1 cm³/mol. The van der Waals surface area contributed by atoms with Crippen LogP contribution in [0.15, 0.2) is 16.5 Å². The van der Waals surface area contributed by atoms with Gasteiger partial charge in [-0.15, -0.1) is 0 Å². The van der Waals surface area contributed by atoms with Gasteiger partial charge in [-0.25, -0.2) is 0 Å². The number of amides is 1. The van der Waals surface area contributed by atoms with Crippen molar-refractivity contribution in [2.75, 3.05) is 6.54 Å². The van der Waals surface area contributed by atoms with Crippen molar-refractivity contribution in [1.29, 1.82) is 0 Å². The second-order valence-electron chi connectivity index (χ2n) is 5.26. The highest BCUT2D eigenvalue weighted by Gasteiger charge is 2.38. The van der Waals surface area contributed by atoms with E-state index in [1.54, 1.807) is 0 Å². The van der Waals surface area contributed by atoms with Crippen molar-refractivity contribution in [3.63, 3.8) is 0 Å². The van der Waals surface area contributed by atoms with Crippen molar-refractivity contribution in [2.45, 2.75) is 51.2 Å². The highest BCUT2D eigenvalue weighted by Crippen LogP contribution is 2.27. The van der Waals surface area contributed by atoms with Gasteiger partial charge in [0.1, 0.15) is 11.5 Å². The topological polar surface area (TPSA) is 45.5 Å². The van der Waals surface area contributed by atoms with E-state index in [-0.39, 0.29) is 5.91 Å². The molecule has 2 saturated heterocycles. The molecule has 2 aliphatic rings. The van der Waals surface area contributed by atoms with Gasteiger partial charge < -0.3 is 9.73 Å². The summed E-state index contributed by atoms with van der Waals surface area (Å²) in [5.74, 6) is 2.31. The quantitative estimate of drug-likeness (QED) is 0.885. The second-order valence-corrected chi connectivity index (χ2v) is 5.26. The molecule has 0 spiro atoms. The van der Waals surface area contributed by atoms with Crippen LogP contribution in [-0.4, -0.2) is 29.4 Å². The van der Waals surface area contributed by atoms with E-state index in [2.05, 4.69) is 29.3 Å². The Morgan fingerprint density at radius 3 is 3.00 bits per heavy atom. The highest BCUT2D eigenvalue weighted by molar-refractivity contribution is 5.77. The van der Waals surface area contributed by atoms with Crippen LogP contribution in [0.5, 0.6) is 0 Å². The Bertz CT molecular complexity index is 441. The zero-order chi connectivity index (χ0) is 12.5. The minimum Gasteiger partial charge on any atom is -0.465 e. The summed E-state index contributed by atoms with van der Waals surface area (Å²) in [5, 5.41) is 3.10. The van der Waals surface area contributed by atoms with Crippen LogP contribution in [0.25, 0.3) is 0 Å². The van der Waals surface area contributed by atoms with E-state index >= 15 is 0 Å². The number of furan rings is 1. The molecule has 0 aromatic carbocycles. The molecule has 4 heteroatoms. The SMILES string of the molecule is CCc1ccc(CN2CC[C@@H]3NC(=O)CC[C@@H]32)o1.